The van der Waals surface area contributed by atoms with Crippen LogP contribution in [0.2, 0.25) is 0 Å². The van der Waals surface area contributed by atoms with Crippen LogP contribution >= 0.6 is 0 Å². The zero-order valence-corrected chi connectivity index (χ0v) is 15.2. The van der Waals surface area contributed by atoms with Crippen molar-refractivity contribution in [2.75, 3.05) is 19.6 Å². The van der Waals surface area contributed by atoms with Crippen LogP contribution < -0.4 is 0 Å². The first kappa shape index (κ1) is 15.9. The van der Waals surface area contributed by atoms with Crippen LogP contribution in [0.4, 0.5) is 0 Å². The summed E-state index contributed by atoms with van der Waals surface area (Å²) >= 11 is 0. The molecule has 0 atom stereocenters. The Kier molecular flexibility index (Phi) is 3.96. The molecule has 1 fully saturated rings. The summed E-state index contributed by atoms with van der Waals surface area (Å²) in [6.07, 6.45) is 6.56. The van der Waals surface area contributed by atoms with Crippen LogP contribution in [0.15, 0.2) is 16.7 Å². The monoisotopic (exact) mass is 352 g/mol. The Morgan fingerprint density at radius 2 is 2.04 bits per heavy atom. The average molecular weight is 352 g/mol. The van der Waals surface area contributed by atoms with Crippen molar-refractivity contribution in [2.24, 2.45) is 0 Å². The summed E-state index contributed by atoms with van der Waals surface area (Å²) in [5.74, 6) is 2.46. The molecule has 0 spiro atoms. The molecule has 7 nitrogen and oxygen atoms in total. The largest absolute Gasteiger partial charge is 0.361 e. The smallest absolute Gasteiger partial charge is 0.178 e. The summed E-state index contributed by atoms with van der Waals surface area (Å²) in [4.78, 5) is 2.50. The molecule has 1 aliphatic heterocycles. The molecule has 0 aromatic carbocycles. The number of hydrogen-bond acceptors (Lipinski definition) is 6. The van der Waals surface area contributed by atoms with Crippen LogP contribution in [-0.4, -0.2) is 49.5 Å². The molecule has 26 heavy (non-hydrogen) atoms. The molecule has 4 heterocycles. The Balaban J connectivity index is 1.25. The first-order valence-electron chi connectivity index (χ1n) is 9.65. The average Bonchev–Trinajstić information content (AvgIpc) is 3.38. The second-order valence-corrected chi connectivity index (χ2v) is 7.60. The number of aromatic nitrogens is 5. The zero-order valence-electron chi connectivity index (χ0n) is 15.2. The predicted molar refractivity (Wildman–Crippen MR) is 96.2 cm³/mol. The molecule has 3 aromatic rings. The van der Waals surface area contributed by atoms with Gasteiger partial charge >= 0.3 is 0 Å². The normalized spacial score (nSPS) is 18.7. The summed E-state index contributed by atoms with van der Waals surface area (Å²) in [5, 5.41) is 17.7. The third-order valence-electron chi connectivity index (χ3n) is 5.75. The van der Waals surface area contributed by atoms with Gasteiger partial charge in [-0.2, -0.15) is 9.61 Å². The molecule has 5 rings (SSSR count). The number of aryl methyl sites for hydroxylation is 3. The summed E-state index contributed by atoms with van der Waals surface area (Å²) in [6.45, 7) is 5.15. The van der Waals surface area contributed by atoms with Gasteiger partial charge in [-0.05, 0) is 63.7 Å². The highest BCUT2D eigenvalue weighted by Crippen LogP contribution is 2.28. The first-order valence-corrected chi connectivity index (χ1v) is 9.65. The van der Waals surface area contributed by atoms with Crippen LogP contribution in [0.25, 0.3) is 5.65 Å². The van der Waals surface area contributed by atoms with E-state index in [0.717, 1.165) is 74.7 Å². The van der Waals surface area contributed by atoms with Crippen molar-refractivity contribution in [3.05, 3.63) is 40.7 Å². The molecule has 0 unspecified atom stereocenters. The standard InChI is InChI=1S/C19H24N6O/c1-13-11-16(26-23-13)7-10-24-8-5-14(6-9-24)19-21-20-18-12-15-3-2-4-17(15)22-25(18)19/h11-12,14H,2-10H2,1H3. The maximum atomic E-state index is 5.31. The van der Waals surface area contributed by atoms with Crippen molar-refractivity contribution in [2.45, 2.75) is 51.4 Å². The molecule has 2 aliphatic rings. The second kappa shape index (κ2) is 6.46. The molecule has 1 saturated heterocycles. The van der Waals surface area contributed by atoms with Crippen LogP contribution in [0.5, 0.6) is 0 Å². The van der Waals surface area contributed by atoms with Gasteiger partial charge in [-0.15, -0.1) is 10.2 Å². The van der Waals surface area contributed by atoms with E-state index in [9.17, 15) is 0 Å². The number of fused-ring (bicyclic) bond motifs is 2. The summed E-state index contributed by atoms with van der Waals surface area (Å²) in [7, 11) is 0. The Hall–Kier alpha value is -2.28. The number of rotatable bonds is 4. The molecule has 3 aromatic heterocycles. The van der Waals surface area contributed by atoms with E-state index < -0.39 is 0 Å². The van der Waals surface area contributed by atoms with Crippen LogP contribution in [0.1, 0.15) is 53.7 Å². The van der Waals surface area contributed by atoms with Crippen LogP contribution in [-0.2, 0) is 19.3 Å². The van der Waals surface area contributed by atoms with E-state index >= 15 is 0 Å². The Labute approximate surface area is 152 Å². The van der Waals surface area contributed by atoms with Gasteiger partial charge < -0.3 is 9.42 Å². The highest BCUT2D eigenvalue weighted by atomic mass is 16.5. The lowest BCUT2D eigenvalue weighted by atomic mass is 9.96. The highest BCUT2D eigenvalue weighted by molar-refractivity contribution is 5.43. The zero-order chi connectivity index (χ0) is 17.5. The third-order valence-corrected chi connectivity index (χ3v) is 5.75. The summed E-state index contributed by atoms with van der Waals surface area (Å²) < 4.78 is 7.32. The Bertz CT molecular complexity index is 921. The van der Waals surface area contributed by atoms with Gasteiger partial charge in [0.2, 0.25) is 0 Å². The minimum absolute atomic E-state index is 0.445. The fourth-order valence-corrected chi connectivity index (χ4v) is 4.27. The minimum atomic E-state index is 0.445. The SMILES string of the molecule is Cc1cc(CCN2CCC(c3nnc4cc5c(nn34)CCC5)CC2)on1. The first-order chi connectivity index (χ1) is 12.8. The van der Waals surface area contributed by atoms with E-state index in [1.54, 1.807) is 0 Å². The van der Waals surface area contributed by atoms with Gasteiger partial charge in [0.1, 0.15) is 5.76 Å². The molecule has 0 amide bonds. The number of nitrogens with zero attached hydrogens (tertiary/aromatic N) is 6. The topological polar surface area (TPSA) is 72.4 Å². The Morgan fingerprint density at radius 3 is 2.85 bits per heavy atom. The number of hydrogen-bond donors (Lipinski definition) is 0. The quantitative estimate of drug-likeness (QED) is 0.718. The van der Waals surface area contributed by atoms with E-state index in [4.69, 9.17) is 9.62 Å². The molecule has 0 saturated carbocycles. The molecular formula is C19H24N6O. The summed E-state index contributed by atoms with van der Waals surface area (Å²) in [5.41, 5.74) is 4.45. The molecule has 0 N–H and O–H groups in total. The predicted octanol–water partition coefficient (Wildman–Crippen LogP) is 2.33. The number of piperidine rings is 1. The van der Waals surface area contributed by atoms with Crippen molar-refractivity contribution >= 4 is 5.65 Å². The van der Waals surface area contributed by atoms with Crippen LogP contribution in [0.3, 0.4) is 0 Å². The van der Waals surface area contributed by atoms with Gasteiger partial charge in [-0.25, -0.2) is 0 Å². The fraction of sp³-hybridized carbons (Fsp3) is 0.579. The highest BCUT2D eigenvalue weighted by Gasteiger charge is 2.26. The molecule has 0 bridgehead atoms. The second-order valence-electron chi connectivity index (χ2n) is 7.60. The maximum Gasteiger partial charge on any atom is 0.178 e. The van der Waals surface area contributed by atoms with E-state index in [-0.39, 0.29) is 0 Å². The van der Waals surface area contributed by atoms with Gasteiger partial charge in [0, 0.05) is 24.9 Å². The molecule has 1 aliphatic carbocycles. The van der Waals surface area contributed by atoms with Crippen molar-refractivity contribution in [1.82, 2.24) is 29.9 Å². The fourth-order valence-electron chi connectivity index (χ4n) is 4.27. The molecule has 136 valence electrons. The lowest BCUT2D eigenvalue weighted by molar-refractivity contribution is 0.205. The maximum absolute atomic E-state index is 5.31. The summed E-state index contributed by atoms with van der Waals surface area (Å²) in [6, 6.07) is 4.21. The van der Waals surface area contributed by atoms with E-state index in [2.05, 4.69) is 26.3 Å². The number of likely N-dealkylation sites (tertiary alicyclic amines) is 1. The van der Waals surface area contributed by atoms with Crippen molar-refractivity contribution < 1.29 is 4.52 Å². The van der Waals surface area contributed by atoms with Crippen LogP contribution in [0, 0.1) is 6.92 Å². The van der Waals surface area contributed by atoms with Crippen molar-refractivity contribution in [3.8, 4) is 0 Å². The lowest BCUT2D eigenvalue weighted by Crippen LogP contribution is -2.35. The third kappa shape index (κ3) is 2.90. The minimum Gasteiger partial charge on any atom is -0.361 e. The van der Waals surface area contributed by atoms with E-state index in [1.165, 1.54) is 17.7 Å². The van der Waals surface area contributed by atoms with Gasteiger partial charge in [0.15, 0.2) is 11.5 Å². The molecule has 0 radical (unpaired) electrons. The lowest BCUT2D eigenvalue weighted by Gasteiger charge is -2.30. The molecular weight excluding hydrogens is 328 g/mol. The van der Waals surface area contributed by atoms with Crippen molar-refractivity contribution in [1.29, 1.82) is 0 Å². The van der Waals surface area contributed by atoms with E-state index in [1.807, 2.05) is 17.5 Å². The van der Waals surface area contributed by atoms with Gasteiger partial charge in [-0.1, -0.05) is 5.16 Å². The van der Waals surface area contributed by atoms with Gasteiger partial charge in [-0.3, -0.25) is 0 Å². The Morgan fingerprint density at radius 1 is 1.15 bits per heavy atom. The van der Waals surface area contributed by atoms with Gasteiger partial charge in [0.05, 0.1) is 11.4 Å². The van der Waals surface area contributed by atoms with Gasteiger partial charge in [0.25, 0.3) is 0 Å². The van der Waals surface area contributed by atoms with Crippen molar-refractivity contribution in [3.63, 3.8) is 0 Å². The molecule has 7 heteroatoms. The van der Waals surface area contributed by atoms with E-state index in [0.29, 0.717) is 5.92 Å².